The lowest BCUT2D eigenvalue weighted by molar-refractivity contribution is -0.384. The highest BCUT2D eigenvalue weighted by molar-refractivity contribution is 7.90. The summed E-state index contributed by atoms with van der Waals surface area (Å²) >= 11 is 0. The molecule has 2 rings (SSSR count). The summed E-state index contributed by atoms with van der Waals surface area (Å²) in [7, 11) is -3.16. The molecule has 21 heavy (non-hydrogen) atoms. The Hall–Kier alpha value is -1.67. The van der Waals surface area contributed by atoms with Gasteiger partial charge in [0.25, 0.3) is 5.69 Å². The maximum absolute atomic E-state index is 11.5. The van der Waals surface area contributed by atoms with E-state index in [4.69, 9.17) is 4.74 Å². The highest BCUT2D eigenvalue weighted by Crippen LogP contribution is 2.23. The largest absolute Gasteiger partial charge is 0.489 e. The zero-order valence-corrected chi connectivity index (χ0v) is 12.5. The van der Waals surface area contributed by atoms with Crippen molar-refractivity contribution in [3.05, 3.63) is 34.4 Å². The van der Waals surface area contributed by atoms with Crippen LogP contribution in [0.25, 0.3) is 0 Å². The zero-order chi connectivity index (χ0) is 15.5. The first-order valence-corrected chi connectivity index (χ1v) is 8.71. The number of nitro groups is 1. The molecule has 1 aromatic carbocycles. The normalized spacial score (nSPS) is 20.1. The van der Waals surface area contributed by atoms with Crippen LogP contribution >= 0.6 is 0 Å². The highest BCUT2D eigenvalue weighted by atomic mass is 32.2. The molecule has 116 valence electrons. The first-order valence-electron chi connectivity index (χ1n) is 6.65. The Morgan fingerprint density at radius 1 is 1.43 bits per heavy atom. The molecule has 1 heterocycles. The van der Waals surface area contributed by atoms with Crippen LogP contribution in [0, 0.1) is 16.0 Å². The van der Waals surface area contributed by atoms with Crippen molar-refractivity contribution in [3.63, 3.8) is 0 Å². The van der Waals surface area contributed by atoms with Crippen molar-refractivity contribution >= 4 is 15.5 Å². The van der Waals surface area contributed by atoms with Gasteiger partial charge in [0.1, 0.15) is 11.9 Å². The van der Waals surface area contributed by atoms with Gasteiger partial charge in [-0.15, -0.1) is 0 Å². The van der Waals surface area contributed by atoms with E-state index in [1.165, 1.54) is 30.5 Å². The molecular weight excluding hydrogens is 296 g/mol. The van der Waals surface area contributed by atoms with Gasteiger partial charge in [0, 0.05) is 30.9 Å². The SMILES string of the molecule is CS(=O)(=O)C[C@H](Oc1ccc([N+](=O)[O-])cc1)[C@@H]1CCNC1. The number of nitrogens with zero attached hydrogens (tertiary/aromatic N) is 1. The molecule has 8 heteroatoms. The quantitative estimate of drug-likeness (QED) is 0.621. The van der Waals surface area contributed by atoms with E-state index in [2.05, 4.69) is 5.32 Å². The predicted molar refractivity (Wildman–Crippen MR) is 78.2 cm³/mol. The van der Waals surface area contributed by atoms with Crippen molar-refractivity contribution in [2.75, 3.05) is 25.1 Å². The first-order chi connectivity index (χ1) is 9.85. The minimum Gasteiger partial charge on any atom is -0.489 e. The van der Waals surface area contributed by atoms with Crippen molar-refractivity contribution in [1.29, 1.82) is 0 Å². The Balaban J connectivity index is 2.11. The molecule has 1 aromatic rings. The molecule has 7 nitrogen and oxygen atoms in total. The number of sulfone groups is 1. The van der Waals surface area contributed by atoms with Crippen LogP contribution in [-0.2, 0) is 9.84 Å². The van der Waals surface area contributed by atoms with Crippen molar-refractivity contribution in [2.45, 2.75) is 12.5 Å². The number of hydrogen-bond donors (Lipinski definition) is 1. The summed E-state index contributed by atoms with van der Waals surface area (Å²) in [5.41, 5.74) is -0.0236. The van der Waals surface area contributed by atoms with Gasteiger partial charge in [0.2, 0.25) is 0 Å². The van der Waals surface area contributed by atoms with Gasteiger partial charge in [-0.1, -0.05) is 0 Å². The van der Waals surface area contributed by atoms with Crippen LogP contribution in [0.4, 0.5) is 5.69 Å². The number of ether oxygens (including phenoxy) is 1. The fourth-order valence-corrected chi connectivity index (χ4v) is 3.32. The molecule has 0 unspecified atom stereocenters. The van der Waals surface area contributed by atoms with Crippen LogP contribution in [-0.4, -0.2) is 44.5 Å². The van der Waals surface area contributed by atoms with Crippen LogP contribution in [0.5, 0.6) is 5.75 Å². The number of benzene rings is 1. The summed E-state index contributed by atoms with van der Waals surface area (Å²) in [6.45, 7) is 1.56. The third kappa shape index (κ3) is 4.68. The Morgan fingerprint density at radius 3 is 2.57 bits per heavy atom. The lowest BCUT2D eigenvalue weighted by Gasteiger charge is -2.23. The van der Waals surface area contributed by atoms with E-state index < -0.39 is 20.9 Å². The Morgan fingerprint density at radius 2 is 2.10 bits per heavy atom. The minimum absolute atomic E-state index is 0.0236. The summed E-state index contributed by atoms with van der Waals surface area (Å²) in [4.78, 5) is 10.1. The van der Waals surface area contributed by atoms with E-state index in [1.54, 1.807) is 0 Å². The molecule has 1 aliphatic heterocycles. The van der Waals surface area contributed by atoms with Crippen LogP contribution < -0.4 is 10.1 Å². The van der Waals surface area contributed by atoms with Gasteiger partial charge < -0.3 is 10.1 Å². The smallest absolute Gasteiger partial charge is 0.269 e. The summed E-state index contributed by atoms with van der Waals surface area (Å²) < 4.78 is 28.9. The summed E-state index contributed by atoms with van der Waals surface area (Å²) in [6.07, 6.45) is 1.59. The minimum atomic E-state index is -3.16. The maximum atomic E-state index is 11.5. The Kier molecular flexibility index (Phi) is 4.79. The predicted octanol–water partition coefficient (Wildman–Crippen LogP) is 0.996. The molecule has 0 saturated carbocycles. The number of rotatable bonds is 6. The van der Waals surface area contributed by atoms with E-state index in [9.17, 15) is 18.5 Å². The lowest BCUT2D eigenvalue weighted by Crippen LogP contribution is -2.35. The molecule has 1 saturated heterocycles. The van der Waals surface area contributed by atoms with Gasteiger partial charge in [-0.05, 0) is 25.1 Å². The van der Waals surface area contributed by atoms with E-state index in [-0.39, 0.29) is 17.4 Å². The standard InChI is InChI=1S/C13H18N2O5S/c1-21(18,19)9-13(10-6-7-14-8-10)20-12-4-2-11(3-5-12)15(16)17/h2-5,10,13-14H,6-9H2,1H3/t10-,13+/m1/s1. The number of nitrogens with one attached hydrogen (secondary N) is 1. The molecule has 0 aliphatic carbocycles. The fraction of sp³-hybridized carbons (Fsp3) is 0.538. The summed E-state index contributed by atoms with van der Waals surface area (Å²) in [5.74, 6) is 0.507. The summed E-state index contributed by atoms with van der Waals surface area (Å²) in [5, 5.41) is 13.8. The van der Waals surface area contributed by atoms with Crippen LogP contribution in [0.1, 0.15) is 6.42 Å². The van der Waals surface area contributed by atoms with Gasteiger partial charge >= 0.3 is 0 Å². The maximum Gasteiger partial charge on any atom is 0.269 e. The third-order valence-electron chi connectivity index (χ3n) is 3.43. The van der Waals surface area contributed by atoms with Crippen LogP contribution in [0.15, 0.2) is 24.3 Å². The second-order valence-electron chi connectivity index (χ2n) is 5.25. The number of hydrogen-bond acceptors (Lipinski definition) is 6. The monoisotopic (exact) mass is 314 g/mol. The number of nitro benzene ring substituents is 1. The fourth-order valence-electron chi connectivity index (χ4n) is 2.38. The average Bonchev–Trinajstić information content (AvgIpc) is 2.91. The molecule has 1 N–H and O–H groups in total. The van der Waals surface area contributed by atoms with E-state index in [0.717, 1.165) is 13.0 Å². The zero-order valence-electron chi connectivity index (χ0n) is 11.7. The van der Waals surface area contributed by atoms with Gasteiger partial charge in [-0.2, -0.15) is 0 Å². The molecular formula is C13H18N2O5S. The third-order valence-corrected chi connectivity index (χ3v) is 4.36. The molecule has 1 aliphatic rings. The van der Waals surface area contributed by atoms with Gasteiger partial charge in [-0.25, -0.2) is 8.42 Å². The summed E-state index contributed by atoms with van der Waals surface area (Å²) in [6, 6.07) is 5.69. The van der Waals surface area contributed by atoms with E-state index >= 15 is 0 Å². The van der Waals surface area contributed by atoms with Crippen molar-refractivity contribution in [2.24, 2.45) is 5.92 Å². The molecule has 0 spiro atoms. The van der Waals surface area contributed by atoms with Gasteiger partial charge in [-0.3, -0.25) is 10.1 Å². The second kappa shape index (κ2) is 6.40. The van der Waals surface area contributed by atoms with Crippen molar-refractivity contribution in [1.82, 2.24) is 5.32 Å². The van der Waals surface area contributed by atoms with Gasteiger partial charge in [0.15, 0.2) is 9.84 Å². The van der Waals surface area contributed by atoms with Crippen molar-refractivity contribution < 1.29 is 18.1 Å². The Labute approximate surface area is 123 Å². The molecule has 0 amide bonds. The van der Waals surface area contributed by atoms with E-state index in [1.807, 2.05) is 0 Å². The van der Waals surface area contributed by atoms with Crippen LogP contribution in [0.3, 0.4) is 0 Å². The Bertz CT molecular complexity index is 593. The van der Waals surface area contributed by atoms with Gasteiger partial charge in [0.05, 0.1) is 10.7 Å². The van der Waals surface area contributed by atoms with Crippen molar-refractivity contribution in [3.8, 4) is 5.75 Å². The topological polar surface area (TPSA) is 98.5 Å². The molecule has 2 atom stereocenters. The lowest BCUT2D eigenvalue weighted by atomic mass is 10.0. The first kappa shape index (κ1) is 15.7. The molecule has 1 fully saturated rings. The molecule has 0 aromatic heterocycles. The highest BCUT2D eigenvalue weighted by Gasteiger charge is 2.29. The van der Waals surface area contributed by atoms with Crippen LogP contribution in [0.2, 0.25) is 0 Å². The molecule has 0 bridgehead atoms. The number of non-ortho nitro benzene ring substituents is 1. The average molecular weight is 314 g/mol. The van der Waals surface area contributed by atoms with E-state index in [0.29, 0.717) is 12.3 Å². The molecule has 0 radical (unpaired) electrons. The second-order valence-corrected chi connectivity index (χ2v) is 7.44.